The van der Waals surface area contributed by atoms with Gasteiger partial charge >= 0.3 is 0 Å². The van der Waals surface area contributed by atoms with Gasteiger partial charge in [0.25, 0.3) is 5.91 Å². The van der Waals surface area contributed by atoms with Crippen molar-refractivity contribution in [3.05, 3.63) is 52.5 Å². The lowest BCUT2D eigenvalue weighted by molar-refractivity contribution is 0.0956. The van der Waals surface area contributed by atoms with Crippen LogP contribution in [-0.2, 0) is 0 Å². The average Bonchev–Trinajstić information content (AvgIpc) is 2.54. The lowest BCUT2D eigenvalue weighted by atomic mass is 10.2. The molecule has 3 N–H and O–H groups in total. The van der Waals surface area contributed by atoms with E-state index in [4.69, 9.17) is 26.8 Å². The van der Waals surface area contributed by atoms with Crippen LogP contribution in [0.4, 0.5) is 5.69 Å². The maximum atomic E-state index is 12.0. The normalized spacial score (nSPS) is 10.6. The molecule has 0 aromatic heterocycles. The van der Waals surface area contributed by atoms with E-state index in [0.717, 1.165) is 0 Å². The third-order valence-corrected chi connectivity index (χ3v) is 3.32. The molecule has 2 aromatic carbocycles. The van der Waals surface area contributed by atoms with Gasteiger partial charge < -0.3 is 15.2 Å². The Morgan fingerprint density at radius 1 is 1.26 bits per heavy atom. The van der Waals surface area contributed by atoms with Crippen molar-refractivity contribution in [3.8, 4) is 11.5 Å². The molecule has 0 unspecified atom stereocenters. The highest BCUT2D eigenvalue weighted by atomic mass is 35.5. The van der Waals surface area contributed by atoms with Crippen molar-refractivity contribution < 1.29 is 14.3 Å². The summed E-state index contributed by atoms with van der Waals surface area (Å²) in [4.78, 5) is 12.0. The van der Waals surface area contributed by atoms with Gasteiger partial charge in [-0.05, 0) is 29.8 Å². The fraction of sp³-hybridized carbons (Fsp3) is 0.125. The molecule has 0 spiro atoms. The van der Waals surface area contributed by atoms with Gasteiger partial charge in [0.05, 0.1) is 31.0 Å². The zero-order valence-electron chi connectivity index (χ0n) is 12.7. The molecule has 0 radical (unpaired) electrons. The minimum Gasteiger partial charge on any atom is -0.493 e. The highest BCUT2D eigenvalue weighted by molar-refractivity contribution is 6.32. The van der Waals surface area contributed by atoms with E-state index in [1.165, 1.54) is 20.4 Å². The van der Waals surface area contributed by atoms with Gasteiger partial charge in [0.1, 0.15) is 0 Å². The van der Waals surface area contributed by atoms with Crippen molar-refractivity contribution >= 4 is 29.4 Å². The van der Waals surface area contributed by atoms with Gasteiger partial charge in [0.2, 0.25) is 0 Å². The molecule has 1 amide bonds. The number of halogens is 1. The predicted molar refractivity (Wildman–Crippen MR) is 90.5 cm³/mol. The van der Waals surface area contributed by atoms with E-state index < -0.39 is 5.91 Å². The SMILES string of the molecule is COc1cc(/C=N\NC(=O)c2ccccc2N)cc(Cl)c1OC. The van der Waals surface area contributed by atoms with Gasteiger partial charge in [0, 0.05) is 5.69 Å². The number of methoxy groups -OCH3 is 2. The van der Waals surface area contributed by atoms with E-state index in [1.54, 1.807) is 36.4 Å². The number of nitrogen functional groups attached to an aromatic ring is 1. The van der Waals surface area contributed by atoms with Crippen LogP contribution in [0.15, 0.2) is 41.5 Å². The van der Waals surface area contributed by atoms with Crippen molar-refractivity contribution in [2.75, 3.05) is 20.0 Å². The number of carbonyl (C=O) groups excluding carboxylic acids is 1. The molecule has 120 valence electrons. The molecule has 23 heavy (non-hydrogen) atoms. The molecule has 0 atom stereocenters. The second-order valence-electron chi connectivity index (χ2n) is 4.52. The summed E-state index contributed by atoms with van der Waals surface area (Å²) in [5.41, 5.74) is 9.53. The Kier molecular flexibility index (Phi) is 5.43. The van der Waals surface area contributed by atoms with Crippen LogP contribution in [0, 0.1) is 0 Å². The summed E-state index contributed by atoms with van der Waals surface area (Å²) in [6.07, 6.45) is 1.45. The molecule has 0 aliphatic heterocycles. The quantitative estimate of drug-likeness (QED) is 0.500. The fourth-order valence-corrected chi connectivity index (χ4v) is 2.24. The highest BCUT2D eigenvalue weighted by Gasteiger charge is 2.10. The molecule has 7 heteroatoms. The number of benzene rings is 2. The van der Waals surface area contributed by atoms with E-state index >= 15 is 0 Å². The van der Waals surface area contributed by atoms with E-state index in [-0.39, 0.29) is 0 Å². The first-order valence-corrected chi connectivity index (χ1v) is 7.04. The van der Waals surface area contributed by atoms with E-state index in [1.807, 2.05) is 0 Å². The molecule has 0 saturated carbocycles. The fourth-order valence-electron chi connectivity index (χ4n) is 1.94. The zero-order chi connectivity index (χ0) is 16.8. The summed E-state index contributed by atoms with van der Waals surface area (Å²) < 4.78 is 10.3. The van der Waals surface area contributed by atoms with Crippen molar-refractivity contribution in [3.63, 3.8) is 0 Å². The summed E-state index contributed by atoms with van der Waals surface area (Å²) in [5, 5.41) is 4.28. The number of anilines is 1. The minimum absolute atomic E-state index is 0.356. The minimum atomic E-state index is -0.397. The van der Waals surface area contributed by atoms with Crippen molar-refractivity contribution in [1.29, 1.82) is 0 Å². The number of hydrogen-bond donors (Lipinski definition) is 2. The van der Waals surface area contributed by atoms with Gasteiger partial charge in [-0.1, -0.05) is 23.7 Å². The molecule has 0 saturated heterocycles. The van der Waals surface area contributed by atoms with Crippen molar-refractivity contribution in [2.45, 2.75) is 0 Å². The predicted octanol–water partition coefficient (Wildman–Crippen LogP) is 2.70. The molecule has 2 rings (SSSR count). The zero-order valence-corrected chi connectivity index (χ0v) is 13.4. The molecule has 0 heterocycles. The first-order valence-electron chi connectivity index (χ1n) is 6.66. The van der Waals surface area contributed by atoms with Crippen molar-refractivity contribution in [2.24, 2.45) is 5.10 Å². The molecule has 0 aliphatic rings. The van der Waals surface area contributed by atoms with E-state index in [2.05, 4.69) is 10.5 Å². The highest BCUT2D eigenvalue weighted by Crippen LogP contribution is 2.35. The van der Waals surface area contributed by atoms with E-state index in [9.17, 15) is 4.79 Å². The smallest absolute Gasteiger partial charge is 0.273 e. The average molecular weight is 334 g/mol. The summed E-state index contributed by atoms with van der Waals surface area (Å²) in [5.74, 6) is 0.512. The number of nitrogens with one attached hydrogen (secondary N) is 1. The Morgan fingerprint density at radius 3 is 2.65 bits per heavy atom. The number of hydrazone groups is 1. The third-order valence-electron chi connectivity index (χ3n) is 3.04. The number of ether oxygens (including phenoxy) is 2. The number of nitrogens with two attached hydrogens (primary N) is 1. The second-order valence-corrected chi connectivity index (χ2v) is 4.93. The molecule has 6 nitrogen and oxygen atoms in total. The molecule has 0 bridgehead atoms. The van der Waals surface area contributed by atoms with E-state index in [0.29, 0.717) is 33.3 Å². The first-order chi connectivity index (χ1) is 11.1. The van der Waals surface area contributed by atoms with Crippen LogP contribution in [0.2, 0.25) is 5.02 Å². The second kappa shape index (κ2) is 7.51. The van der Waals surface area contributed by atoms with Crippen LogP contribution in [-0.4, -0.2) is 26.3 Å². The number of carbonyl (C=O) groups is 1. The largest absolute Gasteiger partial charge is 0.493 e. The number of nitrogens with zero attached hydrogens (tertiary/aromatic N) is 1. The summed E-state index contributed by atoms with van der Waals surface area (Å²) >= 11 is 6.10. The monoisotopic (exact) mass is 333 g/mol. The lowest BCUT2D eigenvalue weighted by Gasteiger charge is -2.10. The lowest BCUT2D eigenvalue weighted by Crippen LogP contribution is -2.19. The molecular formula is C16H16ClN3O3. The molecule has 0 aliphatic carbocycles. The summed E-state index contributed by atoms with van der Waals surface area (Å²) in [7, 11) is 3.01. The molecular weight excluding hydrogens is 318 g/mol. The van der Waals surface area contributed by atoms with Gasteiger partial charge in [-0.2, -0.15) is 5.10 Å². The Hall–Kier alpha value is -2.73. The van der Waals surface area contributed by atoms with Crippen LogP contribution in [0.3, 0.4) is 0 Å². The van der Waals surface area contributed by atoms with Gasteiger partial charge in [0.15, 0.2) is 11.5 Å². The number of para-hydroxylation sites is 1. The van der Waals surface area contributed by atoms with Crippen LogP contribution >= 0.6 is 11.6 Å². The van der Waals surface area contributed by atoms with Crippen LogP contribution in [0.25, 0.3) is 0 Å². The maximum absolute atomic E-state index is 12.0. The van der Waals surface area contributed by atoms with Crippen LogP contribution in [0.5, 0.6) is 11.5 Å². The Bertz CT molecular complexity index is 747. The third kappa shape index (κ3) is 3.92. The molecule has 2 aromatic rings. The van der Waals surface area contributed by atoms with Gasteiger partial charge in [-0.3, -0.25) is 4.79 Å². The summed E-state index contributed by atoms with van der Waals surface area (Å²) in [6, 6.07) is 10.1. The number of amides is 1. The van der Waals surface area contributed by atoms with Gasteiger partial charge in [-0.15, -0.1) is 0 Å². The Morgan fingerprint density at radius 2 is 2.00 bits per heavy atom. The standard InChI is InChI=1S/C16H16ClN3O3/c1-22-14-8-10(7-12(17)15(14)23-2)9-19-20-16(21)11-5-3-4-6-13(11)18/h3-9H,18H2,1-2H3,(H,20,21)/b19-9-. The maximum Gasteiger partial charge on any atom is 0.273 e. The van der Waals surface area contributed by atoms with Crippen LogP contribution in [0.1, 0.15) is 15.9 Å². The number of hydrogen-bond acceptors (Lipinski definition) is 5. The summed E-state index contributed by atoms with van der Waals surface area (Å²) in [6.45, 7) is 0. The topological polar surface area (TPSA) is 85.9 Å². The Labute approximate surface area is 138 Å². The van der Waals surface area contributed by atoms with Crippen molar-refractivity contribution in [1.82, 2.24) is 5.43 Å². The number of rotatable bonds is 5. The Balaban J connectivity index is 2.13. The van der Waals surface area contributed by atoms with Gasteiger partial charge in [-0.25, -0.2) is 5.43 Å². The first kappa shape index (κ1) is 16.6. The molecule has 0 fully saturated rings. The van der Waals surface area contributed by atoms with Crippen LogP contribution < -0.4 is 20.6 Å².